The predicted octanol–water partition coefficient (Wildman–Crippen LogP) is 1.58. The summed E-state index contributed by atoms with van der Waals surface area (Å²) < 4.78 is 33.2. The molecule has 0 aliphatic heterocycles. The molecule has 0 aromatic heterocycles. The smallest absolute Gasteiger partial charge is 0.334 e. The van der Waals surface area contributed by atoms with Crippen LogP contribution in [0.3, 0.4) is 0 Å². The van der Waals surface area contributed by atoms with Crippen LogP contribution in [-0.2, 0) is 10.2 Å². The molecule has 0 atom stereocenters. The Morgan fingerprint density at radius 2 is 2.00 bits per heavy atom. The van der Waals surface area contributed by atoms with Gasteiger partial charge in [-0.15, -0.1) is 3.89 Å². The van der Waals surface area contributed by atoms with Gasteiger partial charge >= 0.3 is 10.2 Å². The van der Waals surface area contributed by atoms with Gasteiger partial charge in [0.2, 0.25) is 0 Å². The summed E-state index contributed by atoms with van der Waals surface area (Å²) in [6.07, 6.45) is 0. The number of rotatable bonds is 1. The molecular weight excluding hydrogens is 205 g/mol. The second-order valence-corrected chi connectivity index (χ2v) is 3.87. The van der Waals surface area contributed by atoms with E-state index in [0.29, 0.717) is 0 Å². The SMILES string of the molecule is Nc1ccc(Cl)cc1S(=O)(=O)F. The molecule has 12 heavy (non-hydrogen) atoms. The number of halogens is 2. The van der Waals surface area contributed by atoms with Crippen LogP contribution in [0, 0.1) is 0 Å². The number of nitrogens with two attached hydrogens (primary N) is 1. The number of hydrogen-bond donors (Lipinski definition) is 1. The van der Waals surface area contributed by atoms with E-state index in [9.17, 15) is 12.3 Å². The zero-order chi connectivity index (χ0) is 9.35. The Balaban J connectivity index is 3.43. The molecule has 0 aliphatic rings. The van der Waals surface area contributed by atoms with Crippen molar-refractivity contribution in [1.29, 1.82) is 0 Å². The summed E-state index contributed by atoms with van der Waals surface area (Å²) >= 11 is 5.44. The van der Waals surface area contributed by atoms with Gasteiger partial charge in [0.05, 0.1) is 5.69 Å². The first-order valence-corrected chi connectivity index (χ1v) is 4.67. The molecule has 2 N–H and O–H groups in total. The number of hydrogen-bond acceptors (Lipinski definition) is 3. The van der Waals surface area contributed by atoms with Crippen LogP contribution in [0.15, 0.2) is 23.1 Å². The highest BCUT2D eigenvalue weighted by Gasteiger charge is 2.15. The van der Waals surface area contributed by atoms with Gasteiger partial charge in [0.25, 0.3) is 0 Å². The van der Waals surface area contributed by atoms with Crippen molar-refractivity contribution < 1.29 is 12.3 Å². The van der Waals surface area contributed by atoms with Crippen LogP contribution in [0.4, 0.5) is 9.57 Å². The van der Waals surface area contributed by atoms with Crippen LogP contribution in [-0.4, -0.2) is 8.42 Å². The molecule has 0 amide bonds. The maximum absolute atomic E-state index is 12.4. The lowest BCUT2D eigenvalue weighted by atomic mass is 10.3. The third kappa shape index (κ3) is 1.86. The normalized spacial score (nSPS) is 11.5. The Hall–Kier alpha value is -0.810. The molecule has 0 bridgehead atoms. The average molecular weight is 210 g/mol. The molecule has 1 aromatic rings. The van der Waals surface area contributed by atoms with E-state index in [-0.39, 0.29) is 10.7 Å². The van der Waals surface area contributed by atoms with E-state index in [1.54, 1.807) is 0 Å². The molecule has 6 heteroatoms. The van der Waals surface area contributed by atoms with Crippen molar-refractivity contribution in [1.82, 2.24) is 0 Å². The van der Waals surface area contributed by atoms with Gasteiger partial charge in [0.1, 0.15) is 4.90 Å². The van der Waals surface area contributed by atoms with E-state index in [0.717, 1.165) is 6.07 Å². The molecule has 0 saturated heterocycles. The Morgan fingerprint density at radius 1 is 1.42 bits per heavy atom. The number of nitrogen functional groups attached to an aromatic ring is 1. The summed E-state index contributed by atoms with van der Waals surface area (Å²) in [7, 11) is -4.77. The summed E-state index contributed by atoms with van der Waals surface area (Å²) in [6.45, 7) is 0. The summed E-state index contributed by atoms with van der Waals surface area (Å²) in [5.74, 6) is 0. The monoisotopic (exact) mass is 209 g/mol. The van der Waals surface area contributed by atoms with Crippen LogP contribution in [0.5, 0.6) is 0 Å². The van der Waals surface area contributed by atoms with Gasteiger partial charge in [-0.25, -0.2) is 0 Å². The van der Waals surface area contributed by atoms with Gasteiger partial charge in [0, 0.05) is 5.02 Å². The molecule has 0 fully saturated rings. The number of benzene rings is 1. The van der Waals surface area contributed by atoms with Crippen molar-refractivity contribution in [2.75, 3.05) is 5.73 Å². The van der Waals surface area contributed by atoms with Crippen LogP contribution < -0.4 is 5.73 Å². The van der Waals surface area contributed by atoms with Gasteiger partial charge < -0.3 is 5.73 Å². The molecule has 0 radical (unpaired) electrons. The van der Waals surface area contributed by atoms with Crippen LogP contribution >= 0.6 is 11.6 Å². The third-order valence-electron chi connectivity index (χ3n) is 1.24. The van der Waals surface area contributed by atoms with Crippen molar-refractivity contribution in [3.8, 4) is 0 Å². The van der Waals surface area contributed by atoms with Crippen molar-refractivity contribution in [3.05, 3.63) is 23.2 Å². The lowest BCUT2D eigenvalue weighted by Gasteiger charge is -1.99. The van der Waals surface area contributed by atoms with Crippen molar-refractivity contribution in [2.24, 2.45) is 0 Å². The molecule has 66 valence electrons. The fourth-order valence-electron chi connectivity index (χ4n) is 0.719. The lowest BCUT2D eigenvalue weighted by molar-refractivity contribution is 0.552. The van der Waals surface area contributed by atoms with Gasteiger partial charge in [-0.3, -0.25) is 0 Å². The standard InChI is InChI=1S/C6H5ClFNO2S/c7-4-1-2-5(9)6(3-4)12(8,10)11/h1-3H,9H2. The molecular formula is C6H5ClFNO2S. The van der Waals surface area contributed by atoms with Crippen molar-refractivity contribution in [2.45, 2.75) is 4.90 Å². The molecule has 3 nitrogen and oxygen atoms in total. The highest BCUT2D eigenvalue weighted by Crippen LogP contribution is 2.23. The number of anilines is 1. The van der Waals surface area contributed by atoms with E-state index >= 15 is 0 Å². The first kappa shape index (κ1) is 9.28. The molecule has 1 rings (SSSR count). The Morgan fingerprint density at radius 3 is 2.42 bits per heavy atom. The first-order chi connectivity index (χ1) is 5.41. The van der Waals surface area contributed by atoms with Crippen molar-refractivity contribution >= 4 is 27.5 Å². The minimum Gasteiger partial charge on any atom is -0.398 e. The highest BCUT2D eigenvalue weighted by atomic mass is 35.5. The topological polar surface area (TPSA) is 60.2 Å². The average Bonchev–Trinajstić information content (AvgIpc) is 1.92. The maximum Gasteiger partial charge on any atom is 0.334 e. The van der Waals surface area contributed by atoms with Gasteiger partial charge in [-0.1, -0.05) is 11.6 Å². The van der Waals surface area contributed by atoms with Crippen LogP contribution in [0.2, 0.25) is 5.02 Å². The maximum atomic E-state index is 12.4. The quantitative estimate of drug-likeness (QED) is 0.564. The lowest BCUT2D eigenvalue weighted by Crippen LogP contribution is -1.98. The molecule has 1 aromatic carbocycles. The zero-order valence-electron chi connectivity index (χ0n) is 5.79. The van der Waals surface area contributed by atoms with Gasteiger partial charge in [-0.05, 0) is 18.2 Å². The van der Waals surface area contributed by atoms with Gasteiger partial charge in [-0.2, -0.15) is 8.42 Å². The highest BCUT2D eigenvalue weighted by molar-refractivity contribution is 7.86. The zero-order valence-corrected chi connectivity index (χ0v) is 7.36. The van der Waals surface area contributed by atoms with Crippen LogP contribution in [0.1, 0.15) is 0 Å². The summed E-state index contributed by atoms with van der Waals surface area (Å²) in [4.78, 5) is -0.588. The molecule has 0 saturated carbocycles. The summed E-state index contributed by atoms with van der Waals surface area (Å²) in [6, 6.07) is 3.58. The van der Waals surface area contributed by atoms with Crippen LogP contribution in [0.25, 0.3) is 0 Å². The Kier molecular flexibility index (Phi) is 2.25. The minimum absolute atomic E-state index is 0.125. The Labute approximate surface area is 74.2 Å². The summed E-state index contributed by atoms with van der Waals surface area (Å²) in [5.41, 5.74) is 5.05. The van der Waals surface area contributed by atoms with E-state index in [4.69, 9.17) is 17.3 Å². The second kappa shape index (κ2) is 2.91. The second-order valence-electron chi connectivity index (χ2n) is 2.12. The molecule has 0 heterocycles. The van der Waals surface area contributed by atoms with E-state index in [2.05, 4.69) is 0 Å². The van der Waals surface area contributed by atoms with E-state index < -0.39 is 15.1 Å². The third-order valence-corrected chi connectivity index (χ3v) is 2.35. The molecule has 0 unspecified atom stereocenters. The molecule has 0 aliphatic carbocycles. The fourth-order valence-corrected chi connectivity index (χ4v) is 1.57. The Bertz CT molecular complexity index is 404. The minimum atomic E-state index is -4.77. The summed E-state index contributed by atoms with van der Waals surface area (Å²) in [5, 5.41) is 0.125. The largest absolute Gasteiger partial charge is 0.398 e. The molecule has 0 spiro atoms. The van der Waals surface area contributed by atoms with Gasteiger partial charge in [0.15, 0.2) is 0 Å². The fraction of sp³-hybridized carbons (Fsp3) is 0. The van der Waals surface area contributed by atoms with Crippen molar-refractivity contribution in [3.63, 3.8) is 0 Å². The van der Waals surface area contributed by atoms with E-state index in [1.807, 2.05) is 0 Å². The van der Waals surface area contributed by atoms with E-state index in [1.165, 1.54) is 12.1 Å². The first-order valence-electron chi connectivity index (χ1n) is 2.91. The predicted molar refractivity (Wildman–Crippen MR) is 44.2 cm³/mol.